The number of alkyl halides is 5. The molecule has 0 bridgehead atoms. The van der Waals surface area contributed by atoms with Crippen LogP contribution >= 0.6 is 0 Å². The molecule has 4 rings (SSSR count). The maximum absolute atomic E-state index is 13.8. The standard InChI is InChI=1S/C28H26F5N9O2/c1-15-8-6-7-9-20(15)42-21(12-18(38-42)14-41-39-25(37-40-41)27(29,30)28(31,32)33)24(44)35-22-16(2)10-17(13-34)11-19(22)23(43)36-26(3,4)5/h6-12H,14H2,1-5H3,(H,35,44)(H,36,43). The third kappa shape index (κ3) is 6.56. The van der Waals surface area contributed by atoms with Gasteiger partial charge in [0.15, 0.2) is 0 Å². The van der Waals surface area contributed by atoms with E-state index in [9.17, 15) is 36.8 Å². The molecular formula is C28H26F5N9O2. The van der Waals surface area contributed by atoms with Crippen LogP contribution in [0.2, 0.25) is 0 Å². The highest BCUT2D eigenvalue weighted by Gasteiger charge is 2.62. The van der Waals surface area contributed by atoms with Crippen molar-refractivity contribution in [2.24, 2.45) is 0 Å². The Morgan fingerprint density at radius 1 is 0.955 bits per heavy atom. The normalized spacial score (nSPS) is 12.1. The van der Waals surface area contributed by atoms with Crippen LogP contribution in [0.4, 0.5) is 27.6 Å². The van der Waals surface area contributed by atoms with Crippen LogP contribution < -0.4 is 10.6 Å². The SMILES string of the molecule is Cc1ccccc1-n1nc(Cn2nnc(C(F)(F)C(F)(F)F)n2)cc1C(=O)Nc1c(C)cc(C#N)cc1C(=O)NC(C)(C)C. The molecule has 0 saturated heterocycles. The quantitative estimate of drug-likeness (QED) is 0.284. The Bertz CT molecular complexity index is 1780. The van der Waals surface area contributed by atoms with Crippen LogP contribution in [0.3, 0.4) is 0 Å². The average molecular weight is 616 g/mol. The molecule has 0 unspecified atom stereocenters. The van der Waals surface area contributed by atoms with Gasteiger partial charge in [0, 0.05) is 5.54 Å². The van der Waals surface area contributed by atoms with Crippen molar-refractivity contribution in [1.82, 2.24) is 35.3 Å². The Labute approximate surface area is 247 Å². The summed E-state index contributed by atoms with van der Waals surface area (Å²) in [6.07, 6.45) is -5.93. The van der Waals surface area contributed by atoms with E-state index in [1.54, 1.807) is 58.9 Å². The molecule has 2 aromatic carbocycles. The average Bonchev–Trinajstić information content (AvgIpc) is 3.56. The number of aryl methyl sites for hydroxylation is 2. The second-order valence-corrected chi connectivity index (χ2v) is 10.9. The summed E-state index contributed by atoms with van der Waals surface area (Å²) >= 11 is 0. The van der Waals surface area contributed by atoms with Gasteiger partial charge >= 0.3 is 12.1 Å². The van der Waals surface area contributed by atoms with Crippen molar-refractivity contribution in [2.75, 3.05) is 5.32 Å². The Morgan fingerprint density at radius 3 is 2.25 bits per heavy atom. The topological polar surface area (TPSA) is 143 Å². The van der Waals surface area contributed by atoms with Crippen LogP contribution in [0.15, 0.2) is 42.5 Å². The minimum absolute atomic E-state index is 0.0277. The summed E-state index contributed by atoms with van der Waals surface area (Å²) in [6.45, 7) is 8.16. The fourth-order valence-electron chi connectivity index (χ4n) is 4.14. The van der Waals surface area contributed by atoms with Gasteiger partial charge in [-0.25, -0.2) is 4.68 Å². The first-order valence-electron chi connectivity index (χ1n) is 13.0. The number of tetrazole rings is 1. The number of halogens is 5. The molecule has 2 aromatic heterocycles. The molecule has 230 valence electrons. The van der Waals surface area contributed by atoms with E-state index in [4.69, 9.17) is 0 Å². The smallest absolute Gasteiger partial charge is 0.347 e. The minimum atomic E-state index is -5.93. The number of nitrogens with one attached hydrogen (secondary N) is 2. The zero-order chi connectivity index (χ0) is 32.6. The first-order valence-corrected chi connectivity index (χ1v) is 13.0. The molecule has 0 saturated carbocycles. The summed E-state index contributed by atoms with van der Waals surface area (Å²) < 4.78 is 67.0. The largest absolute Gasteiger partial charge is 0.461 e. The number of amides is 2. The van der Waals surface area contributed by atoms with Gasteiger partial charge in [0.05, 0.1) is 34.3 Å². The Kier molecular flexibility index (Phi) is 8.27. The lowest BCUT2D eigenvalue weighted by Gasteiger charge is -2.22. The van der Waals surface area contributed by atoms with Gasteiger partial charge in [-0.05, 0) is 75.2 Å². The van der Waals surface area contributed by atoms with Crippen LogP contribution in [0.25, 0.3) is 5.69 Å². The Hall–Kier alpha value is -5.20. The Balaban J connectivity index is 1.75. The molecule has 16 heteroatoms. The second-order valence-electron chi connectivity index (χ2n) is 10.9. The molecule has 0 aliphatic rings. The van der Waals surface area contributed by atoms with Crippen LogP contribution in [-0.4, -0.2) is 53.5 Å². The summed E-state index contributed by atoms with van der Waals surface area (Å²) in [4.78, 5) is 27.4. The number of nitriles is 1. The molecular weight excluding hydrogens is 589 g/mol. The van der Waals surface area contributed by atoms with Crippen molar-refractivity contribution in [2.45, 2.75) is 58.8 Å². The zero-order valence-electron chi connectivity index (χ0n) is 24.1. The van der Waals surface area contributed by atoms with Crippen molar-refractivity contribution in [3.8, 4) is 11.8 Å². The lowest BCUT2D eigenvalue weighted by molar-refractivity contribution is -0.292. The zero-order valence-corrected chi connectivity index (χ0v) is 24.1. The van der Waals surface area contributed by atoms with Gasteiger partial charge in [-0.3, -0.25) is 9.59 Å². The molecule has 0 atom stereocenters. The first-order chi connectivity index (χ1) is 20.4. The lowest BCUT2D eigenvalue weighted by atomic mass is 10.0. The van der Waals surface area contributed by atoms with E-state index in [-0.39, 0.29) is 28.2 Å². The number of hydrogen-bond donors (Lipinski definition) is 2. The fourth-order valence-corrected chi connectivity index (χ4v) is 4.14. The molecule has 0 aliphatic heterocycles. The molecule has 2 heterocycles. The monoisotopic (exact) mass is 615 g/mol. The van der Waals surface area contributed by atoms with Gasteiger partial charge in [-0.1, -0.05) is 18.2 Å². The summed E-state index contributed by atoms with van der Waals surface area (Å²) in [6, 6.07) is 13.0. The highest BCUT2D eigenvalue weighted by molar-refractivity contribution is 6.09. The van der Waals surface area contributed by atoms with Crippen LogP contribution in [0.1, 0.15) is 69.8 Å². The molecule has 11 nitrogen and oxygen atoms in total. The summed E-state index contributed by atoms with van der Waals surface area (Å²) in [5, 5.41) is 28.7. The van der Waals surface area contributed by atoms with Gasteiger partial charge in [0.25, 0.3) is 17.6 Å². The molecule has 2 N–H and O–H groups in total. The molecule has 0 aliphatic carbocycles. The van der Waals surface area contributed by atoms with E-state index in [1.165, 1.54) is 22.9 Å². The highest BCUT2D eigenvalue weighted by Crippen LogP contribution is 2.41. The number of carbonyl (C=O) groups excluding carboxylic acids is 2. The number of benzene rings is 2. The molecule has 2 amide bonds. The first kappa shape index (κ1) is 31.7. The molecule has 4 aromatic rings. The highest BCUT2D eigenvalue weighted by atomic mass is 19.4. The predicted molar refractivity (Wildman–Crippen MR) is 146 cm³/mol. The van der Waals surface area contributed by atoms with Gasteiger partial charge in [0.1, 0.15) is 12.2 Å². The molecule has 0 fully saturated rings. The van der Waals surface area contributed by atoms with E-state index in [2.05, 4.69) is 31.1 Å². The van der Waals surface area contributed by atoms with Gasteiger partial charge in [-0.2, -0.15) is 37.1 Å². The predicted octanol–water partition coefficient (Wildman–Crippen LogP) is 4.83. The maximum atomic E-state index is 13.8. The lowest BCUT2D eigenvalue weighted by Crippen LogP contribution is -2.41. The molecule has 0 radical (unpaired) electrons. The minimum Gasteiger partial charge on any atom is -0.347 e. The van der Waals surface area contributed by atoms with Crippen molar-refractivity contribution >= 4 is 17.5 Å². The third-order valence-electron chi connectivity index (χ3n) is 6.17. The van der Waals surface area contributed by atoms with Crippen LogP contribution in [0, 0.1) is 25.2 Å². The fraction of sp³-hybridized carbons (Fsp3) is 0.321. The number of aromatic nitrogens is 6. The van der Waals surface area contributed by atoms with Gasteiger partial charge < -0.3 is 10.6 Å². The van der Waals surface area contributed by atoms with Gasteiger partial charge in [-0.15, -0.1) is 10.2 Å². The summed E-state index contributed by atoms with van der Waals surface area (Å²) in [7, 11) is 0. The van der Waals surface area contributed by atoms with E-state index in [1.807, 2.05) is 6.07 Å². The van der Waals surface area contributed by atoms with E-state index >= 15 is 0 Å². The van der Waals surface area contributed by atoms with Crippen molar-refractivity contribution in [3.63, 3.8) is 0 Å². The maximum Gasteiger partial charge on any atom is 0.461 e. The number of anilines is 1. The van der Waals surface area contributed by atoms with Crippen LogP contribution in [0.5, 0.6) is 0 Å². The molecule has 0 spiro atoms. The number of para-hydroxylation sites is 1. The van der Waals surface area contributed by atoms with Crippen molar-refractivity contribution in [1.29, 1.82) is 5.26 Å². The Morgan fingerprint density at radius 2 is 1.64 bits per heavy atom. The van der Waals surface area contributed by atoms with E-state index < -0.39 is 41.8 Å². The van der Waals surface area contributed by atoms with E-state index in [0.717, 1.165) is 0 Å². The summed E-state index contributed by atoms with van der Waals surface area (Å²) in [5.41, 5.74) is 1.27. The van der Waals surface area contributed by atoms with E-state index in [0.29, 0.717) is 21.6 Å². The van der Waals surface area contributed by atoms with Gasteiger partial charge in [0.2, 0.25) is 0 Å². The van der Waals surface area contributed by atoms with Crippen LogP contribution in [-0.2, 0) is 12.5 Å². The number of carbonyl (C=O) groups is 2. The number of hydrogen-bond acceptors (Lipinski definition) is 7. The number of rotatable bonds is 7. The second kappa shape index (κ2) is 11.5. The third-order valence-corrected chi connectivity index (χ3v) is 6.17. The number of nitrogens with zero attached hydrogens (tertiary/aromatic N) is 7. The van der Waals surface area contributed by atoms with Crippen molar-refractivity contribution < 1.29 is 31.5 Å². The summed E-state index contributed by atoms with van der Waals surface area (Å²) in [5.74, 6) is -8.43. The molecule has 44 heavy (non-hydrogen) atoms. The van der Waals surface area contributed by atoms with Crippen molar-refractivity contribution in [3.05, 3.63) is 81.9 Å².